The predicted molar refractivity (Wildman–Crippen MR) is 55.8 cm³/mol. The van der Waals surface area contributed by atoms with Crippen molar-refractivity contribution in [3.8, 4) is 0 Å². The molecule has 1 aliphatic heterocycles. The summed E-state index contributed by atoms with van der Waals surface area (Å²) in [5, 5.41) is 19.3. The average molecular weight is 243 g/mol. The van der Waals surface area contributed by atoms with Crippen LogP contribution >= 0.6 is 0 Å². The Bertz CT molecular complexity index is 462. The number of nitrogen functional groups attached to an aromatic ring is 1. The summed E-state index contributed by atoms with van der Waals surface area (Å²) in [4.78, 5) is 15.0. The van der Waals surface area contributed by atoms with Gasteiger partial charge in [0.1, 0.15) is 18.0 Å². The van der Waals surface area contributed by atoms with Gasteiger partial charge in [0, 0.05) is 13.3 Å². The second-order valence-electron chi connectivity index (χ2n) is 3.65. The summed E-state index contributed by atoms with van der Waals surface area (Å²) in [6.07, 6.45) is -3.20. The van der Waals surface area contributed by atoms with Crippen molar-refractivity contribution in [2.24, 2.45) is 0 Å². The molecule has 0 saturated carbocycles. The van der Waals surface area contributed by atoms with Gasteiger partial charge in [0.2, 0.25) is 0 Å². The molecule has 8 nitrogen and oxygen atoms in total. The van der Waals surface area contributed by atoms with Crippen LogP contribution in [-0.4, -0.2) is 45.4 Å². The molecule has 4 N–H and O–H groups in total. The molecule has 2 heterocycles. The lowest BCUT2D eigenvalue weighted by atomic mass is 10.2. The Hall–Kier alpha value is -1.48. The quantitative estimate of drug-likeness (QED) is 0.552. The van der Waals surface area contributed by atoms with Crippen molar-refractivity contribution in [2.45, 2.75) is 24.7 Å². The van der Waals surface area contributed by atoms with Crippen LogP contribution in [0.3, 0.4) is 0 Å². The van der Waals surface area contributed by atoms with E-state index < -0.39 is 30.4 Å². The first-order valence-electron chi connectivity index (χ1n) is 4.93. The van der Waals surface area contributed by atoms with Crippen molar-refractivity contribution in [2.75, 3.05) is 12.8 Å². The van der Waals surface area contributed by atoms with E-state index in [-0.39, 0.29) is 5.82 Å². The Morgan fingerprint density at radius 2 is 2.24 bits per heavy atom. The summed E-state index contributed by atoms with van der Waals surface area (Å²) in [6, 6.07) is 1.39. The zero-order valence-electron chi connectivity index (χ0n) is 9.06. The van der Waals surface area contributed by atoms with Crippen molar-refractivity contribution in [3.63, 3.8) is 0 Å². The van der Waals surface area contributed by atoms with Crippen LogP contribution in [0.15, 0.2) is 17.1 Å². The number of ether oxygens (including phenoxy) is 2. The van der Waals surface area contributed by atoms with Crippen LogP contribution in [0.2, 0.25) is 0 Å². The summed E-state index contributed by atoms with van der Waals surface area (Å²) >= 11 is 0. The van der Waals surface area contributed by atoms with Crippen molar-refractivity contribution in [3.05, 3.63) is 22.7 Å². The van der Waals surface area contributed by atoms with Crippen LogP contribution in [0.25, 0.3) is 0 Å². The number of hydrogen-bond acceptors (Lipinski definition) is 7. The second-order valence-corrected chi connectivity index (χ2v) is 3.65. The highest BCUT2D eigenvalue weighted by Gasteiger charge is 2.44. The van der Waals surface area contributed by atoms with Gasteiger partial charge in [-0.15, -0.1) is 0 Å². The summed E-state index contributed by atoms with van der Waals surface area (Å²) in [5.74, 6) is 0.0718. The minimum atomic E-state index is -1.27. The Labute approximate surface area is 96.2 Å². The van der Waals surface area contributed by atoms with Crippen molar-refractivity contribution in [1.82, 2.24) is 9.55 Å². The number of hydrogen-bond donors (Lipinski definition) is 3. The molecule has 1 aromatic rings. The molecule has 94 valence electrons. The first kappa shape index (κ1) is 12.0. The van der Waals surface area contributed by atoms with Crippen LogP contribution in [-0.2, 0) is 9.47 Å². The van der Waals surface area contributed by atoms with Crippen LogP contribution < -0.4 is 11.4 Å². The third-order valence-electron chi connectivity index (χ3n) is 2.55. The van der Waals surface area contributed by atoms with E-state index in [0.717, 1.165) is 4.57 Å². The van der Waals surface area contributed by atoms with Gasteiger partial charge in [-0.25, -0.2) is 4.79 Å². The van der Waals surface area contributed by atoms with E-state index in [1.807, 2.05) is 0 Å². The molecule has 17 heavy (non-hydrogen) atoms. The first-order chi connectivity index (χ1) is 8.04. The highest BCUT2D eigenvalue weighted by molar-refractivity contribution is 5.23. The molecular formula is C9H13N3O5. The highest BCUT2D eigenvalue weighted by atomic mass is 16.7. The molecule has 1 aliphatic rings. The van der Waals surface area contributed by atoms with E-state index in [2.05, 4.69) is 4.98 Å². The van der Waals surface area contributed by atoms with Gasteiger partial charge in [0.05, 0.1) is 0 Å². The van der Waals surface area contributed by atoms with E-state index in [9.17, 15) is 15.0 Å². The van der Waals surface area contributed by atoms with Crippen LogP contribution in [0.1, 0.15) is 6.23 Å². The number of anilines is 1. The predicted octanol–water partition coefficient (Wildman–Crippen LogP) is -1.95. The van der Waals surface area contributed by atoms with E-state index in [1.165, 1.54) is 19.4 Å². The molecule has 1 fully saturated rings. The number of aliphatic hydroxyl groups excluding tert-OH is 2. The van der Waals surface area contributed by atoms with Gasteiger partial charge < -0.3 is 25.4 Å². The third-order valence-corrected chi connectivity index (χ3v) is 2.55. The summed E-state index contributed by atoms with van der Waals surface area (Å²) < 4.78 is 11.1. The van der Waals surface area contributed by atoms with Gasteiger partial charge in [0.15, 0.2) is 12.5 Å². The Morgan fingerprint density at radius 3 is 2.76 bits per heavy atom. The molecule has 1 saturated heterocycles. The Balaban J connectivity index is 2.32. The zero-order chi connectivity index (χ0) is 12.6. The Morgan fingerprint density at radius 1 is 1.53 bits per heavy atom. The molecule has 8 heteroatoms. The van der Waals surface area contributed by atoms with Crippen molar-refractivity contribution < 1.29 is 19.7 Å². The Kier molecular flexibility index (Phi) is 3.11. The lowest BCUT2D eigenvalue weighted by Gasteiger charge is -2.16. The number of aromatic nitrogens is 2. The summed E-state index contributed by atoms with van der Waals surface area (Å²) in [7, 11) is 1.33. The maximum absolute atomic E-state index is 11.5. The van der Waals surface area contributed by atoms with Crippen LogP contribution in [0, 0.1) is 0 Å². The fourth-order valence-corrected chi connectivity index (χ4v) is 1.67. The lowest BCUT2D eigenvalue weighted by molar-refractivity contribution is -0.161. The number of nitrogens with two attached hydrogens (primary N) is 1. The monoisotopic (exact) mass is 243 g/mol. The standard InChI is InChI=1S/C9H13N3O5/c1-16-8-6(14)5(13)7(17-8)12-3-2-4(10)11-9(12)15/h2-3,5-8,13-14H,1H3,(H2,10,11,15). The van der Waals surface area contributed by atoms with Gasteiger partial charge in [-0.05, 0) is 6.07 Å². The average Bonchev–Trinajstić information content (AvgIpc) is 2.57. The minimum absolute atomic E-state index is 0.0718. The molecule has 0 aromatic carbocycles. The summed E-state index contributed by atoms with van der Waals surface area (Å²) in [6.45, 7) is 0. The molecule has 4 atom stereocenters. The highest BCUT2D eigenvalue weighted by Crippen LogP contribution is 2.28. The van der Waals surface area contributed by atoms with E-state index in [0.29, 0.717) is 0 Å². The van der Waals surface area contributed by atoms with Crippen LogP contribution in [0.4, 0.5) is 5.82 Å². The summed E-state index contributed by atoms with van der Waals surface area (Å²) in [5.41, 5.74) is 4.67. The van der Waals surface area contributed by atoms with Gasteiger partial charge in [-0.3, -0.25) is 4.57 Å². The molecule has 1 aromatic heterocycles. The van der Waals surface area contributed by atoms with Crippen molar-refractivity contribution in [1.29, 1.82) is 0 Å². The molecule has 2 rings (SSSR count). The molecule has 0 bridgehead atoms. The van der Waals surface area contributed by atoms with Crippen LogP contribution in [0.5, 0.6) is 0 Å². The number of methoxy groups -OCH3 is 1. The molecule has 0 amide bonds. The van der Waals surface area contributed by atoms with Gasteiger partial charge in [-0.1, -0.05) is 0 Å². The molecular weight excluding hydrogens is 230 g/mol. The number of rotatable bonds is 2. The first-order valence-corrected chi connectivity index (χ1v) is 4.93. The molecule has 4 unspecified atom stereocenters. The largest absolute Gasteiger partial charge is 0.385 e. The van der Waals surface area contributed by atoms with E-state index >= 15 is 0 Å². The molecule has 0 aliphatic carbocycles. The fraction of sp³-hybridized carbons (Fsp3) is 0.556. The topological polar surface area (TPSA) is 120 Å². The van der Waals surface area contributed by atoms with E-state index in [1.54, 1.807) is 0 Å². The SMILES string of the molecule is COC1OC(n2ccc(N)nc2=O)C(O)C1O. The molecule has 0 radical (unpaired) electrons. The zero-order valence-corrected chi connectivity index (χ0v) is 9.06. The van der Waals surface area contributed by atoms with Gasteiger partial charge in [-0.2, -0.15) is 4.98 Å². The van der Waals surface area contributed by atoms with Gasteiger partial charge in [0.25, 0.3) is 0 Å². The smallest absolute Gasteiger partial charge is 0.351 e. The minimum Gasteiger partial charge on any atom is -0.385 e. The molecule has 0 spiro atoms. The lowest BCUT2D eigenvalue weighted by Crippen LogP contribution is -2.35. The number of aliphatic hydroxyl groups is 2. The van der Waals surface area contributed by atoms with E-state index in [4.69, 9.17) is 15.2 Å². The maximum Gasteiger partial charge on any atom is 0.351 e. The fourth-order valence-electron chi connectivity index (χ4n) is 1.67. The van der Waals surface area contributed by atoms with Gasteiger partial charge >= 0.3 is 5.69 Å². The normalized spacial score (nSPS) is 32.9. The second kappa shape index (κ2) is 4.41. The number of nitrogens with zero attached hydrogens (tertiary/aromatic N) is 2. The maximum atomic E-state index is 11.5. The third kappa shape index (κ3) is 2.03. The van der Waals surface area contributed by atoms with Crippen molar-refractivity contribution >= 4 is 5.82 Å².